The molecule has 1 atom stereocenters. The van der Waals surface area contributed by atoms with Gasteiger partial charge in [-0.15, -0.1) is 0 Å². The number of rotatable bonds is 5. The number of aryl methyl sites for hydroxylation is 1. The van der Waals surface area contributed by atoms with E-state index < -0.39 is 5.25 Å². The summed E-state index contributed by atoms with van der Waals surface area (Å²) in [7, 11) is 3.22. The first kappa shape index (κ1) is 14.6. The molecule has 4 nitrogen and oxygen atoms in total. The molecule has 0 aliphatic heterocycles. The molecule has 1 aromatic carbocycles. The third-order valence-electron chi connectivity index (χ3n) is 2.82. The van der Waals surface area contributed by atoms with Crippen LogP contribution in [0, 0.1) is 5.82 Å². The Kier molecular flexibility index (Phi) is 4.79. The number of esters is 1. The first-order valence-corrected chi connectivity index (χ1v) is 6.94. The summed E-state index contributed by atoms with van der Waals surface area (Å²) in [5, 5.41) is 0.328. The van der Waals surface area contributed by atoms with E-state index in [-0.39, 0.29) is 11.8 Å². The Bertz CT molecular complexity index is 583. The van der Waals surface area contributed by atoms with Crippen molar-refractivity contribution in [3.8, 4) is 0 Å². The number of carbonyl (C=O) groups excluding carboxylic acids is 1. The van der Waals surface area contributed by atoms with Gasteiger partial charge in [0.05, 0.1) is 7.11 Å². The Balaban J connectivity index is 2.13. The quantitative estimate of drug-likeness (QED) is 0.627. The van der Waals surface area contributed by atoms with Crippen LogP contribution in [0.4, 0.5) is 4.39 Å². The van der Waals surface area contributed by atoms with Crippen molar-refractivity contribution >= 4 is 17.7 Å². The number of nitrogens with zero attached hydrogens (tertiary/aromatic N) is 2. The monoisotopic (exact) mass is 294 g/mol. The SMILES string of the molecule is COC(=O)C(Cc1ccc(F)cc1)Sc1nccn1C. The molecule has 0 fully saturated rings. The lowest BCUT2D eigenvalue weighted by molar-refractivity contribution is -0.139. The number of carbonyl (C=O) groups is 1. The van der Waals surface area contributed by atoms with Crippen molar-refractivity contribution in [2.75, 3.05) is 7.11 Å². The fourth-order valence-electron chi connectivity index (χ4n) is 1.73. The van der Waals surface area contributed by atoms with Gasteiger partial charge in [0.1, 0.15) is 11.1 Å². The highest BCUT2D eigenvalue weighted by atomic mass is 32.2. The Labute approximate surface area is 121 Å². The third kappa shape index (κ3) is 3.60. The number of thioether (sulfide) groups is 1. The van der Waals surface area contributed by atoms with Gasteiger partial charge >= 0.3 is 5.97 Å². The molecule has 0 aliphatic rings. The molecule has 0 aliphatic carbocycles. The number of hydrogen-bond acceptors (Lipinski definition) is 4. The van der Waals surface area contributed by atoms with Crippen LogP contribution in [-0.2, 0) is 23.0 Å². The van der Waals surface area contributed by atoms with Gasteiger partial charge in [0.2, 0.25) is 0 Å². The molecule has 2 aromatic rings. The predicted molar refractivity (Wildman–Crippen MR) is 75.0 cm³/mol. The zero-order chi connectivity index (χ0) is 14.5. The summed E-state index contributed by atoms with van der Waals surface area (Å²) in [6.07, 6.45) is 3.95. The van der Waals surface area contributed by atoms with Crippen molar-refractivity contribution in [1.82, 2.24) is 9.55 Å². The zero-order valence-electron chi connectivity index (χ0n) is 11.2. The van der Waals surface area contributed by atoms with Gasteiger partial charge in [-0.2, -0.15) is 0 Å². The van der Waals surface area contributed by atoms with Crippen LogP contribution >= 0.6 is 11.8 Å². The molecule has 1 heterocycles. The van der Waals surface area contributed by atoms with Gasteiger partial charge in [0, 0.05) is 19.4 Å². The van der Waals surface area contributed by atoms with E-state index in [9.17, 15) is 9.18 Å². The average Bonchev–Trinajstić information content (AvgIpc) is 2.85. The Hall–Kier alpha value is -1.82. The minimum atomic E-state index is -0.411. The number of hydrogen-bond donors (Lipinski definition) is 0. The summed E-state index contributed by atoms with van der Waals surface area (Å²) >= 11 is 1.34. The van der Waals surface area contributed by atoms with Crippen LogP contribution in [0.25, 0.3) is 0 Å². The first-order valence-electron chi connectivity index (χ1n) is 6.06. The predicted octanol–water partition coefficient (Wildman–Crippen LogP) is 2.44. The fraction of sp³-hybridized carbons (Fsp3) is 0.286. The molecule has 0 radical (unpaired) electrons. The van der Waals surface area contributed by atoms with Gasteiger partial charge in [-0.3, -0.25) is 4.79 Å². The van der Waals surface area contributed by atoms with Crippen molar-refractivity contribution < 1.29 is 13.9 Å². The van der Waals surface area contributed by atoms with E-state index in [4.69, 9.17) is 4.74 Å². The van der Waals surface area contributed by atoms with Crippen molar-refractivity contribution in [3.05, 3.63) is 48.0 Å². The molecule has 1 unspecified atom stereocenters. The highest BCUT2D eigenvalue weighted by molar-refractivity contribution is 8.00. The molecule has 0 spiro atoms. The average molecular weight is 294 g/mol. The van der Waals surface area contributed by atoms with Crippen LogP contribution in [0.15, 0.2) is 41.8 Å². The molecule has 20 heavy (non-hydrogen) atoms. The summed E-state index contributed by atoms with van der Waals surface area (Å²) in [6.45, 7) is 0. The van der Waals surface area contributed by atoms with E-state index in [2.05, 4.69) is 4.98 Å². The van der Waals surface area contributed by atoms with Gasteiger partial charge < -0.3 is 9.30 Å². The Morgan fingerprint density at radius 1 is 1.45 bits per heavy atom. The minimum Gasteiger partial charge on any atom is -0.468 e. The Morgan fingerprint density at radius 3 is 2.70 bits per heavy atom. The summed E-state index contributed by atoms with van der Waals surface area (Å²) in [4.78, 5) is 16.1. The van der Waals surface area contributed by atoms with Crippen LogP contribution in [-0.4, -0.2) is 27.9 Å². The molecule has 0 bridgehead atoms. The number of benzene rings is 1. The second-order valence-corrected chi connectivity index (χ2v) is 5.45. The number of ether oxygens (including phenoxy) is 1. The molecule has 1 aromatic heterocycles. The van der Waals surface area contributed by atoms with Crippen LogP contribution < -0.4 is 0 Å². The normalized spacial score (nSPS) is 12.2. The van der Waals surface area contributed by atoms with Gasteiger partial charge in [-0.1, -0.05) is 23.9 Å². The second-order valence-electron chi connectivity index (χ2n) is 4.28. The highest BCUT2D eigenvalue weighted by Gasteiger charge is 2.23. The molecule has 0 saturated carbocycles. The largest absolute Gasteiger partial charge is 0.468 e. The fourth-order valence-corrected chi connectivity index (χ4v) is 2.80. The lowest BCUT2D eigenvalue weighted by Gasteiger charge is -2.14. The lowest BCUT2D eigenvalue weighted by Crippen LogP contribution is -2.22. The summed E-state index contributed by atoms with van der Waals surface area (Å²) < 4.78 is 19.6. The van der Waals surface area contributed by atoms with E-state index in [1.807, 2.05) is 17.8 Å². The molecule has 2 rings (SSSR count). The zero-order valence-corrected chi connectivity index (χ0v) is 12.1. The van der Waals surface area contributed by atoms with E-state index in [0.717, 1.165) is 10.7 Å². The summed E-state index contributed by atoms with van der Waals surface area (Å²) in [5.74, 6) is -0.609. The molecular weight excluding hydrogens is 279 g/mol. The van der Waals surface area contributed by atoms with E-state index in [0.29, 0.717) is 6.42 Å². The van der Waals surface area contributed by atoms with Crippen molar-refractivity contribution in [2.24, 2.45) is 7.05 Å². The van der Waals surface area contributed by atoms with Crippen molar-refractivity contribution in [1.29, 1.82) is 0 Å². The number of halogens is 1. The molecule has 0 saturated heterocycles. The minimum absolute atomic E-state index is 0.292. The Morgan fingerprint density at radius 2 is 2.15 bits per heavy atom. The van der Waals surface area contributed by atoms with Crippen molar-refractivity contribution in [3.63, 3.8) is 0 Å². The third-order valence-corrected chi connectivity index (χ3v) is 4.07. The summed E-state index contributed by atoms with van der Waals surface area (Å²) in [6, 6.07) is 6.11. The van der Waals surface area contributed by atoms with Crippen molar-refractivity contribution in [2.45, 2.75) is 16.8 Å². The van der Waals surface area contributed by atoms with Crippen LogP contribution in [0.1, 0.15) is 5.56 Å². The molecule has 106 valence electrons. The van der Waals surface area contributed by atoms with E-state index in [1.165, 1.54) is 31.0 Å². The number of methoxy groups -OCH3 is 1. The smallest absolute Gasteiger partial charge is 0.319 e. The second kappa shape index (κ2) is 6.56. The highest BCUT2D eigenvalue weighted by Crippen LogP contribution is 2.25. The number of aromatic nitrogens is 2. The van der Waals surface area contributed by atoms with Gasteiger partial charge in [0.15, 0.2) is 5.16 Å². The molecule has 0 amide bonds. The lowest BCUT2D eigenvalue weighted by atomic mass is 10.1. The molecular formula is C14H15FN2O2S. The van der Waals surface area contributed by atoms with Crippen LogP contribution in [0.5, 0.6) is 0 Å². The van der Waals surface area contributed by atoms with E-state index >= 15 is 0 Å². The van der Waals surface area contributed by atoms with Crippen LogP contribution in [0.3, 0.4) is 0 Å². The van der Waals surface area contributed by atoms with Gasteiger partial charge in [-0.05, 0) is 24.1 Å². The first-order chi connectivity index (χ1) is 9.60. The number of imidazole rings is 1. The van der Waals surface area contributed by atoms with Crippen LogP contribution in [0.2, 0.25) is 0 Å². The standard InChI is InChI=1S/C14H15FN2O2S/c1-17-8-7-16-14(17)20-12(13(18)19-2)9-10-3-5-11(15)6-4-10/h3-8,12H,9H2,1-2H3. The van der Waals surface area contributed by atoms with Gasteiger partial charge in [-0.25, -0.2) is 9.37 Å². The van der Waals surface area contributed by atoms with Gasteiger partial charge in [0.25, 0.3) is 0 Å². The maximum absolute atomic E-state index is 12.9. The topological polar surface area (TPSA) is 44.1 Å². The maximum Gasteiger partial charge on any atom is 0.319 e. The van der Waals surface area contributed by atoms with E-state index in [1.54, 1.807) is 18.3 Å². The maximum atomic E-state index is 12.9. The summed E-state index contributed by atoms with van der Waals surface area (Å²) in [5.41, 5.74) is 0.878. The molecule has 6 heteroatoms. The molecule has 0 N–H and O–H groups in total.